The molecule has 21 heavy (non-hydrogen) atoms. The number of sulfonamides is 1. The zero-order valence-corrected chi connectivity index (χ0v) is 15.6. The lowest BCUT2D eigenvalue weighted by atomic mass is 10.2. The Kier molecular flexibility index (Phi) is 4.87. The number of nitrogen functional groups attached to an aromatic ring is 1. The highest BCUT2D eigenvalue weighted by Gasteiger charge is 2.22. The average molecular weight is 455 g/mol. The molecule has 2 rings (SSSR count). The molecule has 0 spiro atoms. The van der Waals surface area contributed by atoms with Crippen molar-refractivity contribution < 1.29 is 8.42 Å². The standard InChI is InChI=1S/C13H11Br2ClN2O2S/c1-7-2-3-12(10(16)4-7)18-21(19,20)13-9(15)5-8(14)6-11(13)17/h2-6,18H,17H2,1H3. The van der Waals surface area contributed by atoms with Crippen LogP contribution in [0.25, 0.3) is 0 Å². The number of benzene rings is 2. The van der Waals surface area contributed by atoms with E-state index in [1.54, 1.807) is 24.3 Å². The molecule has 0 amide bonds. The second-order valence-electron chi connectivity index (χ2n) is 4.39. The molecule has 3 N–H and O–H groups in total. The van der Waals surface area contributed by atoms with Crippen LogP contribution >= 0.6 is 43.5 Å². The third-order valence-corrected chi connectivity index (χ3v) is 5.81. The van der Waals surface area contributed by atoms with Crippen molar-refractivity contribution in [2.75, 3.05) is 10.5 Å². The molecule has 0 aliphatic rings. The van der Waals surface area contributed by atoms with Crippen molar-refractivity contribution in [3.05, 3.63) is 49.9 Å². The van der Waals surface area contributed by atoms with Gasteiger partial charge in [-0.15, -0.1) is 0 Å². The van der Waals surface area contributed by atoms with Gasteiger partial charge < -0.3 is 5.73 Å². The lowest BCUT2D eigenvalue weighted by molar-refractivity contribution is 0.601. The summed E-state index contributed by atoms with van der Waals surface area (Å²) in [5, 5.41) is 0.324. The van der Waals surface area contributed by atoms with Gasteiger partial charge >= 0.3 is 0 Å². The molecule has 8 heteroatoms. The van der Waals surface area contributed by atoms with Gasteiger partial charge in [-0.1, -0.05) is 33.6 Å². The number of hydrogen-bond acceptors (Lipinski definition) is 3. The zero-order valence-electron chi connectivity index (χ0n) is 10.8. The number of aryl methyl sites for hydroxylation is 1. The Balaban J connectivity index is 2.48. The smallest absolute Gasteiger partial charge is 0.265 e. The van der Waals surface area contributed by atoms with Crippen LogP contribution in [0.5, 0.6) is 0 Å². The van der Waals surface area contributed by atoms with E-state index in [4.69, 9.17) is 17.3 Å². The number of nitrogens with one attached hydrogen (secondary N) is 1. The van der Waals surface area contributed by atoms with Crippen molar-refractivity contribution in [3.63, 3.8) is 0 Å². The lowest BCUT2D eigenvalue weighted by Crippen LogP contribution is -2.16. The van der Waals surface area contributed by atoms with Gasteiger partial charge in [0.25, 0.3) is 10.0 Å². The van der Waals surface area contributed by atoms with Crippen LogP contribution in [0.1, 0.15) is 5.56 Å². The first-order chi connectivity index (χ1) is 9.70. The van der Waals surface area contributed by atoms with E-state index in [2.05, 4.69) is 36.6 Å². The van der Waals surface area contributed by atoms with Crippen molar-refractivity contribution in [2.45, 2.75) is 11.8 Å². The summed E-state index contributed by atoms with van der Waals surface area (Å²) >= 11 is 12.5. The van der Waals surface area contributed by atoms with E-state index in [0.717, 1.165) is 5.56 Å². The van der Waals surface area contributed by atoms with Gasteiger partial charge in [0, 0.05) is 8.95 Å². The largest absolute Gasteiger partial charge is 0.398 e. The van der Waals surface area contributed by atoms with Crippen LogP contribution in [0.3, 0.4) is 0 Å². The van der Waals surface area contributed by atoms with Gasteiger partial charge in [0.05, 0.1) is 16.4 Å². The van der Waals surface area contributed by atoms with Gasteiger partial charge in [-0.05, 0) is 52.7 Å². The Hall–Kier alpha value is -0.760. The minimum atomic E-state index is -3.85. The maximum absolute atomic E-state index is 12.5. The number of hydrogen-bond donors (Lipinski definition) is 2. The molecule has 112 valence electrons. The van der Waals surface area contributed by atoms with Crippen LogP contribution in [-0.4, -0.2) is 8.42 Å². The Morgan fingerprint density at radius 3 is 2.43 bits per heavy atom. The van der Waals surface area contributed by atoms with Gasteiger partial charge in [-0.25, -0.2) is 8.42 Å². The van der Waals surface area contributed by atoms with Crippen LogP contribution in [0.2, 0.25) is 5.02 Å². The third kappa shape index (κ3) is 3.71. The van der Waals surface area contributed by atoms with Gasteiger partial charge in [-0.3, -0.25) is 4.72 Å². The molecule has 0 saturated carbocycles. The molecule has 0 heterocycles. The van der Waals surface area contributed by atoms with Gasteiger partial charge in [-0.2, -0.15) is 0 Å². The second kappa shape index (κ2) is 6.16. The summed E-state index contributed by atoms with van der Waals surface area (Å²) in [6.07, 6.45) is 0. The maximum Gasteiger partial charge on any atom is 0.265 e. The SMILES string of the molecule is Cc1ccc(NS(=O)(=O)c2c(N)cc(Br)cc2Br)c(Cl)c1. The second-order valence-corrected chi connectivity index (χ2v) is 8.19. The molecule has 0 aromatic heterocycles. The number of anilines is 2. The van der Waals surface area contributed by atoms with Crippen LogP contribution in [0, 0.1) is 6.92 Å². The van der Waals surface area contributed by atoms with Crippen LogP contribution < -0.4 is 10.5 Å². The molecule has 0 atom stereocenters. The van der Waals surface area contributed by atoms with E-state index >= 15 is 0 Å². The van der Waals surface area contributed by atoms with E-state index < -0.39 is 10.0 Å². The summed E-state index contributed by atoms with van der Waals surface area (Å²) < 4.78 is 28.5. The fraction of sp³-hybridized carbons (Fsp3) is 0.0769. The number of halogens is 3. The summed E-state index contributed by atoms with van der Waals surface area (Å²) in [6, 6.07) is 8.19. The minimum Gasteiger partial charge on any atom is -0.398 e. The quantitative estimate of drug-likeness (QED) is 0.668. The zero-order chi connectivity index (χ0) is 15.8. The van der Waals surface area contributed by atoms with Crippen molar-refractivity contribution in [3.8, 4) is 0 Å². The predicted molar refractivity (Wildman–Crippen MR) is 93.3 cm³/mol. The normalized spacial score (nSPS) is 11.4. The monoisotopic (exact) mass is 452 g/mol. The van der Waals surface area contributed by atoms with E-state index in [9.17, 15) is 8.42 Å². The molecule has 0 saturated heterocycles. The van der Waals surface area contributed by atoms with E-state index in [-0.39, 0.29) is 10.6 Å². The molecule has 0 aliphatic heterocycles. The third-order valence-electron chi connectivity index (χ3n) is 2.67. The van der Waals surface area contributed by atoms with Crippen LogP contribution in [0.15, 0.2) is 44.2 Å². The molecular formula is C13H11Br2ClN2O2S. The Labute approximate surface area is 145 Å². The minimum absolute atomic E-state index is 0.0256. The summed E-state index contributed by atoms with van der Waals surface area (Å²) in [5.41, 5.74) is 7.18. The Morgan fingerprint density at radius 1 is 1.19 bits per heavy atom. The average Bonchev–Trinajstić information content (AvgIpc) is 2.30. The molecule has 0 radical (unpaired) electrons. The van der Waals surface area contributed by atoms with Crippen molar-refractivity contribution >= 4 is 64.9 Å². The molecule has 0 unspecified atom stereocenters. The molecule has 0 aliphatic carbocycles. The summed E-state index contributed by atoms with van der Waals surface area (Å²) in [4.78, 5) is -0.0256. The Bertz CT molecular complexity index is 787. The fourth-order valence-corrected chi connectivity index (χ4v) is 5.25. The first kappa shape index (κ1) is 16.6. The molecule has 2 aromatic rings. The van der Waals surface area contributed by atoms with Gasteiger partial charge in [0.2, 0.25) is 0 Å². The van der Waals surface area contributed by atoms with Gasteiger partial charge in [0.15, 0.2) is 0 Å². The first-order valence-corrected chi connectivity index (χ1v) is 9.19. The number of rotatable bonds is 3. The molecular weight excluding hydrogens is 443 g/mol. The van der Waals surface area contributed by atoms with Crippen molar-refractivity contribution in [1.29, 1.82) is 0 Å². The summed E-state index contributed by atoms with van der Waals surface area (Å²) in [6.45, 7) is 1.87. The van der Waals surface area contributed by atoms with Crippen molar-refractivity contribution in [2.24, 2.45) is 0 Å². The topological polar surface area (TPSA) is 72.2 Å². The molecule has 2 aromatic carbocycles. The van der Waals surface area contributed by atoms with Gasteiger partial charge in [0.1, 0.15) is 4.90 Å². The highest BCUT2D eigenvalue weighted by Crippen LogP contribution is 2.34. The van der Waals surface area contributed by atoms with E-state index in [0.29, 0.717) is 19.7 Å². The van der Waals surface area contributed by atoms with E-state index in [1.807, 2.05) is 6.92 Å². The number of nitrogens with two attached hydrogens (primary N) is 1. The van der Waals surface area contributed by atoms with E-state index in [1.165, 1.54) is 6.07 Å². The Morgan fingerprint density at radius 2 is 1.86 bits per heavy atom. The molecule has 0 bridgehead atoms. The highest BCUT2D eigenvalue weighted by molar-refractivity contribution is 9.11. The van der Waals surface area contributed by atoms with Crippen molar-refractivity contribution in [1.82, 2.24) is 0 Å². The first-order valence-electron chi connectivity index (χ1n) is 5.74. The lowest BCUT2D eigenvalue weighted by Gasteiger charge is -2.13. The van der Waals surface area contributed by atoms with Crippen LogP contribution in [-0.2, 0) is 10.0 Å². The molecule has 4 nitrogen and oxygen atoms in total. The highest BCUT2D eigenvalue weighted by atomic mass is 79.9. The fourth-order valence-electron chi connectivity index (χ4n) is 1.76. The molecule has 0 fully saturated rings. The van der Waals surface area contributed by atoms with Crippen LogP contribution in [0.4, 0.5) is 11.4 Å². The maximum atomic E-state index is 12.5. The summed E-state index contributed by atoms with van der Waals surface area (Å²) in [7, 11) is -3.85. The summed E-state index contributed by atoms with van der Waals surface area (Å²) in [5.74, 6) is 0. The predicted octanol–water partition coefficient (Wildman–Crippen LogP) is 4.56.